The van der Waals surface area contributed by atoms with Crippen LogP contribution in [0.15, 0.2) is 30.3 Å². The Kier molecular flexibility index (Phi) is 2.94. The molecule has 0 spiro atoms. The van der Waals surface area contributed by atoms with E-state index >= 15 is 0 Å². The number of aromatic hydroxyl groups is 1. The minimum Gasteiger partial charge on any atom is -0.506 e. The van der Waals surface area contributed by atoms with Gasteiger partial charge in [0, 0.05) is 19.2 Å². The van der Waals surface area contributed by atoms with Gasteiger partial charge in [0.25, 0.3) is 5.91 Å². The highest BCUT2D eigenvalue weighted by Crippen LogP contribution is 2.34. The number of phenols is 1. The first-order valence-electron chi connectivity index (χ1n) is 6.35. The lowest BCUT2D eigenvalue weighted by Crippen LogP contribution is -2.17. The maximum absolute atomic E-state index is 11.9. The van der Waals surface area contributed by atoms with Crippen LogP contribution in [-0.4, -0.2) is 23.0 Å². The quantitative estimate of drug-likeness (QED) is 0.870. The van der Waals surface area contributed by atoms with Crippen molar-refractivity contribution in [1.29, 1.82) is 0 Å². The van der Waals surface area contributed by atoms with E-state index in [0.717, 1.165) is 27.8 Å². The second-order valence-corrected chi connectivity index (χ2v) is 5.56. The smallest absolute Gasteiger partial charge is 0.254 e. The summed E-state index contributed by atoms with van der Waals surface area (Å²) in [7, 11) is 1.80. The molecule has 0 unspecified atom stereocenters. The number of benzene rings is 2. The number of phenolic OH excluding ortho intramolecular Hbond substituents is 1. The van der Waals surface area contributed by atoms with Crippen molar-refractivity contribution >= 4 is 17.5 Å². The summed E-state index contributed by atoms with van der Waals surface area (Å²) in [6.07, 6.45) is 0. The summed E-state index contributed by atoms with van der Waals surface area (Å²) in [5, 5.41) is 9.95. The minimum absolute atomic E-state index is 0.0620. The van der Waals surface area contributed by atoms with Crippen LogP contribution in [0.1, 0.15) is 21.5 Å². The average molecular weight is 288 g/mol. The van der Waals surface area contributed by atoms with Crippen LogP contribution < -0.4 is 0 Å². The molecule has 0 saturated carbocycles. The van der Waals surface area contributed by atoms with E-state index in [1.165, 1.54) is 0 Å². The number of hydrogen-bond acceptors (Lipinski definition) is 2. The largest absolute Gasteiger partial charge is 0.506 e. The molecule has 1 aliphatic rings. The number of amides is 1. The van der Waals surface area contributed by atoms with Crippen LogP contribution in [0.5, 0.6) is 5.75 Å². The van der Waals surface area contributed by atoms with E-state index in [4.69, 9.17) is 11.6 Å². The maximum Gasteiger partial charge on any atom is 0.254 e. The van der Waals surface area contributed by atoms with Crippen LogP contribution in [0.2, 0.25) is 5.02 Å². The zero-order chi connectivity index (χ0) is 14.4. The standard InChI is InChI=1S/C16H14ClNO2/c1-9-5-15(19)14(17)7-13(9)10-3-4-12-11(6-10)8-18(2)16(12)20/h3-7,19H,8H2,1-2H3. The molecule has 1 amide bonds. The number of aryl methyl sites for hydroxylation is 1. The van der Waals surface area contributed by atoms with Gasteiger partial charge in [-0.25, -0.2) is 0 Å². The van der Waals surface area contributed by atoms with Crippen LogP contribution in [-0.2, 0) is 6.54 Å². The lowest BCUT2D eigenvalue weighted by molar-refractivity contribution is 0.0816. The van der Waals surface area contributed by atoms with Crippen molar-refractivity contribution in [3.8, 4) is 16.9 Å². The molecule has 4 heteroatoms. The van der Waals surface area contributed by atoms with Crippen LogP contribution in [0.4, 0.5) is 0 Å². The Balaban J connectivity index is 2.12. The second kappa shape index (κ2) is 4.53. The first kappa shape index (κ1) is 13.0. The molecule has 20 heavy (non-hydrogen) atoms. The van der Waals surface area contributed by atoms with E-state index in [1.807, 2.05) is 25.1 Å². The second-order valence-electron chi connectivity index (χ2n) is 5.15. The van der Waals surface area contributed by atoms with Gasteiger partial charge in [-0.2, -0.15) is 0 Å². The monoisotopic (exact) mass is 287 g/mol. The fraction of sp³-hybridized carbons (Fsp3) is 0.188. The van der Waals surface area contributed by atoms with E-state index in [1.54, 1.807) is 24.1 Å². The van der Waals surface area contributed by atoms with Crippen LogP contribution in [0, 0.1) is 6.92 Å². The molecule has 0 saturated heterocycles. The maximum atomic E-state index is 11.9. The fourth-order valence-corrected chi connectivity index (χ4v) is 2.77. The zero-order valence-electron chi connectivity index (χ0n) is 11.3. The van der Waals surface area contributed by atoms with Gasteiger partial charge in [-0.1, -0.05) is 17.7 Å². The Labute approximate surface area is 122 Å². The Bertz CT molecular complexity index is 725. The van der Waals surface area contributed by atoms with Crippen LogP contribution >= 0.6 is 11.6 Å². The Morgan fingerprint density at radius 2 is 1.95 bits per heavy atom. The highest BCUT2D eigenvalue weighted by Gasteiger charge is 2.24. The summed E-state index contributed by atoms with van der Waals surface area (Å²) in [6, 6.07) is 9.21. The van der Waals surface area contributed by atoms with Gasteiger partial charge in [-0.05, 0) is 53.4 Å². The molecule has 0 radical (unpaired) electrons. The Morgan fingerprint density at radius 3 is 2.70 bits per heavy atom. The first-order chi connectivity index (χ1) is 9.47. The zero-order valence-corrected chi connectivity index (χ0v) is 12.0. The van der Waals surface area contributed by atoms with Gasteiger partial charge in [0.1, 0.15) is 5.75 Å². The molecule has 1 N–H and O–H groups in total. The predicted molar refractivity (Wildman–Crippen MR) is 79.1 cm³/mol. The van der Waals surface area contributed by atoms with Crippen molar-refractivity contribution in [2.24, 2.45) is 0 Å². The average Bonchev–Trinajstić information content (AvgIpc) is 2.69. The summed E-state index contributed by atoms with van der Waals surface area (Å²) in [6.45, 7) is 2.56. The number of halogens is 1. The fourth-order valence-electron chi connectivity index (χ4n) is 2.61. The summed E-state index contributed by atoms with van der Waals surface area (Å²) >= 11 is 5.99. The number of carbonyl (C=O) groups is 1. The summed E-state index contributed by atoms with van der Waals surface area (Å²) in [4.78, 5) is 13.6. The number of carbonyl (C=O) groups excluding carboxylic acids is 1. The third kappa shape index (κ3) is 1.95. The van der Waals surface area contributed by atoms with Gasteiger partial charge in [0.15, 0.2) is 0 Å². The molecule has 0 atom stereocenters. The van der Waals surface area contributed by atoms with E-state index < -0.39 is 0 Å². The number of nitrogens with zero attached hydrogens (tertiary/aromatic N) is 1. The summed E-state index contributed by atoms with van der Waals surface area (Å²) < 4.78 is 0. The topological polar surface area (TPSA) is 40.5 Å². The summed E-state index contributed by atoms with van der Waals surface area (Å²) in [5.41, 5.74) is 4.71. The van der Waals surface area contributed by atoms with Gasteiger partial charge in [-0.15, -0.1) is 0 Å². The number of hydrogen-bond donors (Lipinski definition) is 1. The highest BCUT2D eigenvalue weighted by atomic mass is 35.5. The minimum atomic E-state index is 0.0620. The molecule has 3 nitrogen and oxygen atoms in total. The Morgan fingerprint density at radius 1 is 1.20 bits per heavy atom. The van der Waals surface area contributed by atoms with Crippen molar-refractivity contribution in [1.82, 2.24) is 4.90 Å². The number of rotatable bonds is 1. The van der Waals surface area contributed by atoms with E-state index in [9.17, 15) is 9.90 Å². The van der Waals surface area contributed by atoms with E-state index in [0.29, 0.717) is 11.6 Å². The SMILES string of the molecule is Cc1cc(O)c(Cl)cc1-c1ccc2c(c1)CN(C)C2=O. The van der Waals surface area contributed by atoms with E-state index in [-0.39, 0.29) is 11.7 Å². The van der Waals surface area contributed by atoms with Crippen molar-refractivity contribution in [2.45, 2.75) is 13.5 Å². The van der Waals surface area contributed by atoms with Crippen molar-refractivity contribution in [2.75, 3.05) is 7.05 Å². The Hall–Kier alpha value is -2.00. The molecule has 102 valence electrons. The lowest BCUT2D eigenvalue weighted by Gasteiger charge is -2.09. The molecule has 1 aliphatic heterocycles. The van der Waals surface area contributed by atoms with Crippen molar-refractivity contribution in [3.63, 3.8) is 0 Å². The first-order valence-corrected chi connectivity index (χ1v) is 6.73. The molecule has 0 fully saturated rings. The van der Waals surface area contributed by atoms with Gasteiger partial charge >= 0.3 is 0 Å². The van der Waals surface area contributed by atoms with E-state index in [2.05, 4.69) is 0 Å². The lowest BCUT2D eigenvalue weighted by atomic mass is 9.97. The molecule has 0 aromatic heterocycles. The third-order valence-corrected chi connectivity index (χ3v) is 4.00. The van der Waals surface area contributed by atoms with Crippen molar-refractivity contribution < 1.29 is 9.90 Å². The molecule has 0 bridgehead atoms. The van der Waals surface area contributed by atoms with Gasteiger partial charge in [0.2, 0.25) is 0 Å². The molecule has 3 rings (SSSR count). The van der Waals surface area contributed by atoms with Gasteiger partial charge in [0.05, 0.1) is 5.02 Å². The van der Waals surface area contributed by atoms with Gasteiger partial charge < -0.3 is 10.0 Å². The predicted octanol–water partition coefficient (Wildman–Crippen LogP) is 3.61. The molecule has 2 aromatic rings. The normalized spacial score (nSPS) is 13.8. The molecule has 0 aliphatic carbocycles. The molecule has 2 aromatic carbocycles. The van der Waals surface area contributed by atoms with Gasteiger partial charge in [-0.3, -0.25) is 4.79 Å². The molecular formula is C16H14ClNO2. The van der Waals surface area contributed by atoms with Crippen LogP contribution in [0.25, 0.3) is 11.1 Å². The highest BCUT2D eigenvalue weighted by molar-refractivity contribution is 6.32. The molecular weight excluding hydrogens is 274 g/mol. The van der Waals surface area contributed by atoms with Crippen LogP contribution in [0.3, 0.4) is 0 Å². The van der Waals surface area contributed by atoms with Crippen molar-refractivity contribution in [3.05, 3.63) is 52.0 Å². The third-order valence-electron chi connectivity index (χ3n) is 3.69. The summed E-state index contributed by atoms with van der Waals surface area (Å²) in [5.74, 6) is 0.149. The number of fused-ring (bicyclic) bond motifs is 1. The molecule has 1 heterocycles.